The van der Waals surface area contributed by atoms with Crippen LogP contribution in [0.2, 0.25) is 0 Å². The molecule has 110 valence electrons. The fourth-order valence-corrected chi connectivity index (χ4v) is 2.86. The predicted molar refractivity (Wildman–Crippen MR) is 87.5 cm³/mol. The van der Waals surface area contributed by atoms with E-state index in [2.05, 4.69) is 40.3 Å². The Balaban J connectivity index is 2.20. The highest BCUT2D eigenvalue weighted by atomic mass is 79.9. The van der Waals surface area contributed by atoms with Crippen molar-refractivity contribution in [1.29, 1.82) is 0 Å². The molecule has 1 atom stereocenters. The van der Waals surface area contributed by atoms with E-state index in [1.165, 1.54) is 11.1 Å². The van der Waals surface area contributed by atoms with Crippen LogP contribution in [0.4, 0.5) is 5.69 Å². The number of rotatable bonds is 5. The Labute approximate surface area is 132 Å². The number of halogens is 1. The second kappa shape index (κ2) is 6.83. The van der Waals surface area contributed by atoms with Crippen LogP contribution in [0.5, 0.6) is 0 Å². The highest BCUT2D eigenvalue weighted by molar-refractivity contribution is 9.10. The van der Waals surface area contributed by atoms with Crippen LogP contribution in [0.1, 0.15) is 22.7 Å². The quantitative estimate of drug-likeness (QED) is 0.651. The topological polar surface area (TPSA) is 55.2 Å². The van der Waals surface area contributed by atoms with Crippen molar-refractivity contribution in [2.45, 2.75) is 19.4 Å². The Morgan fingerprint density at radius 1 is 1.24 bits per heavy atom. The van der Waals surface area contributed by atoms with Crippen molar-refractivity contribution < 1.29 is 4.92 Å². The summed E-state index contributed by atoms with van der Waals surface area (Å²) in [6.07, 6.45) is 0.789. The Kier molecular flexibility index (Phi) is 5.09. The predicted octanol–water partition coefficient (Wildman–Crippen LogP) is 4.17. The normalized spacial score (nSPS) is 12.1. The van der Waals surface area contributed by atoms with Gasteiger partial charge in [-0.1, -0.05) is 34.1 Å². The van der Waals surface area contributed by atoms with Gasteiger partial charge in [0.2, 0.25) is 0 Å². The van der Waals surface area contributed by atoms with Gasteiger partial charge in [0, 0.05) is 22.6 Å². The first-order chi connectivity index (χ1) is 10.0. The number of non-ortho nitro benzene ring substituents is 1. The Hall–Kier alpha value is -1.72. The fourth-order valence-electron chi connectivity index (χ4n) is 2.39. The molecule has 0 fully saturated rings. The van der Waals surface area contributed by atoms with Crippen molar-refractivity contribution in [1.82, 2.24) is 5.32 Å². The molecule has 0 bridgehead atoms. The number of nitro groups is 1. The number of aryl methyl sites for hydroxylation is 1. The molecule has 5 heteroatoms. The van der Waals surface area contributed by atoms with Gasteiger partial charge >= 0.3 is 0 Å². The van der Waals surface area contributed by atoms with Gasteiger partial charge in [0.15, 0.2) is 0 Å². The number of hydrogen-bond donors (Lipinski definition) is 1. The molecule has 1 unspecified atom stereocenters. The molecule has 2 rings (SSSR count). The van der Waals surface area contributed by atoms with E-state index >= 15 is 0 Å². The van der Waals surface area contributed by atoms with Gasteiger partial charge in [-0.05, 0) is 49.2 Å². The van der Waals surface area contributed by atoms with E-state index in [9.17, 15) is 10.1 Å². The molecular weight excluding hydrogens is 332 g/mol. The lowest BCUT2D eigenvalue weighted by atomic mass is 9.95. The first kappa shape index (κ1) is 15.7. The van der Waals surface area contributed by atoms with E-state index in [1.54, 1.807) is 12.1 Å². The Morgan fingerprint density at radius 3 is 2.43 bits per heavy atom. The SMILES string of the molecule is CNC(Cc1ccc([N+](=O)[O-])cc1)c1ccc(Br)cc1C. The van der Waals surface area contributed by atoms with Gasteiger partial charge in [-0.15, -0.1) is 0 Å². The van der Waals surface area contributed by atoms with Crippen molar-refractivity contribution >= 4 is 21.6 Å². The summed E-state index contributed by atoms with van der Waals surface area (Å²) in [6, 6.07) is 13.1. The van der Waals surface area contributed by atoms with Crippen molar-refractivity contribution in [3.63, 3.8) is 0 Å². The van der Waals surface area contributed by atoms with Crippen molar-refractivity contribution in [2.75, 3.05) is 7.05 Å². The summed E-state index contributed by atoms with van der Waals surface area (Å²) in [4.78, 5) is 10.3. The number of likely N-dealkylation sites (N-methyl/N-ethyl adjacent to an activating group) is 1. The molecule has 0 aliphatic heterocycles. The molecule has 0 aliphatic carbocycles. The Morgan fingerprint density at radius 2 is 1.90 bits per heavy atom. The average molecular weight is 349 g/mol. The molecule has 4 nitrogen and oxygen atoms in total. The monoisotopic (exact) mass is 348 g/mol. The lowest BCUT2D eigenvalue weighted by Crippen LogP contribution is -2.19. The molecule has 0 aromatic heterocycles. The second-order valence-electron chi connectivity index (χ2n) is 4.97. The van der Waals surface area contributed by atoms with E-state index in [1.807, 2.05) is 25.2 Å². The fraction of sp³-hybridized carbons (Fsp3) is 0.250. The summed E-state index contributed by atoms with van der Waals surface area (Å²) in [5.74, 6) is 0. The van der Waals surface area contributed by atoms with E-state index in [0.29, 0.717) is 0 Å². The lowest BCUT2D eigenvalue weighted by Gasteiger charge is -2.19. The minimum atomic E-state index is -0.377. The van der Waals surface area contributed by atoms with Gasteiger partial charge in [-0.3, -0.25) is 10.1 Å². The van der Waals surface area contributed by atoms with Crippen LogP contribution >= 0.6 is 15.9 Å². The van der Waals surface area contributed by atoms with Crippen LogP contribution in [-0.4, -0.2) is 12.0 Å². The molecule has 0 spiro atoms. The van der Waals surface area contributed by atoms with Crippen molar-refractivity contribution in [2.24, 2.45) is 0 Å². The van der Waals surface area contributed by atoms with E-state index in [0.717, 1.165) is 16.5 Å². The van der Waals surface area contributed by atoms with Gasteiger partial charge in [0.05, 0.1) is 4.92 Å². The van der Waals surface area contributed by atoms with Gasteiger partial charge in [0.25, 0.3) is 5.69 Å². The van der Waals surface area contributed by atoms with Crippen LogP contribution in [0.15, 0.2) is 46.9 Å². The first-order valence-electron chi connectivity index (χ1n) is 6.68. The number of benzene rings is 2. The smallest absolute Gasteiger partial charge is 0.269 e. The van der Waals surface area contributed by atoms with Crippen LogP contribution in [0.25, 0.3) is 0 Å². The minimum Gasteiger partial charge on any atom is -0.313 e. The number of nitrogens with one attached hydrogen (secondary N) is 1. The zero-order chi connectivity index (χ0) is 15.4. The van der Waals surface area contributed by atoms with Crippen LogP contribution in [0.3, 0.4) is 0 Å². The van der Waals surface area contributed by atoms with Crippen LogP contribution in [0, 0.1) is 17.0 Å². The first-order valence-corrected chi connectivity index (χ1v) is 7.47. The molecule has 0 saturated carbocycles. The third-order valence-electron chi connectivity index (χ3n) is 3.54. The van der Waals surface area contributed by atoms with Gasteiger partial charge in [0.1, 0.15) is 0 Å². The molecule has 2 aromatic rings. The summed E-state index contributed by atoms with van der Waals surface area (Å²) in [5, 5.41) is 14.0. The molecule has 1 N–H and O–H groups in total. The molecule has 0 saturated heterocycles. The molecule has 0 aliphatic rings. The maximum Gasteiger partial charge on any atom is 0.269 e. The van der Waals surface area contributed by atoms with Crippen molar-refractivity contribution in [3.8, 4) is 0 Å². The van der Waals surface area contributed by atoms with Gasteiger partial charge in [-0.2, -0.15) is 0 Å². The van der Waals surface area contributed by atoms with Crippen molar-refractivity contribution in [3.05, 3.63) is 73.7 Å². The van der Waals surface area contributed by atoms with Gasteiger partial charge in [-0.25, -0.2) is 0 Å². The third kappa shape index (κ3) is 3.89. The summed E-state index contributed by atoms with van der Waals surface area (Å²) in [6.45, 7) is 2.08. The van der Waals surface area contributed by atoms with E-state index < -0.39 is 0 Å². The third-order valence-corrected chi connectivity index (χ3v) is 4.04. The number of hydrogen-bond acceptors (Lipinski definition) is 3. The van der Waals surface area contributed by atoms with E-state index in [4.69, 9.17) is 0 Å². The summed E-state index contributed by atoms with van der Waals surface area (Å²) in [7, 11) is 1.93. The minimum absolute atomic E-state index is 0.125. The highest BCUT2D eigenvalue weighted by Gasteiger charge is 2.13. The molecule has 0 radical (unpaired) electrons. The molecule has 21 heavy (non-hydrogen) atoms. The molecule has 0 amide bonds. The van der Waals surface area contributed by atoms with Crippen LogP contribution < -0.4 is 5.32 Å². The largest absolute Gasteiger partial charge is 0.313 e. The zero-order valence-corrected chi connectivity index (χ0v) is 13.6. The standard InChI is InChI=1S/C16H17BrN2O2/c1-11-9-13(17)5-8-15(11)16(18-2)10-12-3-6-14(7-4-12)19(20)21/h3-9,16,18H,10H2,1-2H3. The zero-order valence-electron chi connectivity index (χ0n) is 12.0. The number of nitro benzene ring substituents is 1. The maximum absolute atomic E-state index is 10.7. The second-order valence-corrected chi connectivity index (χ2v) is 5.89. The molecule has 0 heterocycles. The molecular formula is C16H17BrN2O2. The highest BCUT2D eigenvalue weighted by Crippen LogP contribution is 2.25. The average Bonchev–Trinajstić information content (AvgIpc) is 2.46. The maximum atomic E-state index is 10.7. The molecule has 2 aromatic carbocycles. The summed E-state index contributed by atoms with van der Waals surface area (Å²) < 4.78 is 1.06. The van der Waals surface area contributed by atoms with Crippen LogP contribution in [-0.2, 0) is 6.42 Å². The van der Waals surface area contributed by atoms with E-state index in [-0.39, 0.29) is 16.7 Å². The summed E-state index contributed by atoms with van der Waals surface area (Å²) >= 11 is 3.47. The number of nitrogens with zero attached hydrogens (tertiary/aromatic N) is 1. The summed E-state index contributed by atoms with van der Waals surface area (Å²) in [5.41, 5.74) is 3.64. The lowest BCUT2D eigenvalue weighted by molar-refractivity contribution is -0.384. The van der Waals surface area contributed by atoms with Gasteiger partial charge < -0.3 is 5.32 Å². The Bertz CT molecular complexity index is 641.